The van der Waals surface area contributed by atoms with Crippen LogP contribution in [-0.4, -0.2) is 47.9 Å². The third-order valence-corrected chi connectivity index (χ3v) is 5.35. The molecule has 0 radical (unpaired) electrons. The molecule has 28 heavy (non-hydrogen) atoms. The highest BCUT2D eigenvalue weighted by molar-refractivity contribution is 5.85. The molecule has 1 aromatic carbocycles. The van der Waals surface area contributed by atoms with Gasteiger partial charge in [-0.25, -0.2) is 0 Å². The maximum atomic E-state index is 12.5. The number of amides is 1. The molecule has 1 amide bonds. The van der Waals surface area contributed by atoms with Crippen LogP contribution in [0.4, 0.5) is 0 Å². The van der Waals surface area contributed by atoms with E-state index < -0.39 is 0 Å². The molecule has 1 saturated heterocycles. The zero-order valence-electron chi connectivity index (χ0n) is 15.8. The van der Waals surface area contributed by atoms with E-state index in [1.54, 1.807) is 0 Å². The quantitative estimate of drug-likeness (QED) is 0.761. The Morgan fingerprint density at radius 1 is 1.25 bits per heavy atom. The summed E-state index contributed by atoms with van der Waals surface area (Å²) in [5, 5.41) is 10.5. The number of ether oxygens (including phenoxy) is 1. The number of aromatic nitrogens is 2. The standard InChI is InChI=1S/C20H26N4O3.ClH/c25-20(15-6-7-17-16(13-15)21-10-11-26-17)22-9-8-19-23-18(24-27-19)12-14-4-2-1-3-5-14;/h1-5,15-17,21H,6-13H2,(H,22,25);1H/t15-,16+,17+;/m0./s1. The molecule has 2 aliphatic rings. The number of halogens is 1. The van der Waals surface area contributed by atoms with Crippen molar-refractivity contribution in [2.45, 2.75) is 44.2 Å². The van der Waals surface area contributed by atoms with Crippen molar-refractivity contribution in [3.05, 3.63) is 47.6 Å². The lowest BCUT2D eigenvalue weighted by molar-refractivity contribution is -0.128. The largest absolute Gasteiger partial charge is 0.375 e. The molecular weight excluding hydrogens is 380 g/mol. The molecule has 1 aliphatic heterocycles. The second-order valence-corrected chi connectivity index (χ2v) is 7.29. The van der Waals surface area contributed by atoms with Gasteiger partial charge in [0.15, 0.2) is 5.82 Å². The van der Waals surface area contributed by atoms with E-state index in [9.17, 15) is 4.79 Å². The first-order valence-corrected chi connectivity index (χ1v) is 9.76. The van der Waals surface area contributed by atoms with Crippen molar-refractivity contribution in [3.8, 4) is 0 Å². The third kappa shape index (κ3) is 5.31. The van der Waals surface area contributed by atoms with Crippen molar-refractivity contribution < 1.29 is 14.1 Å². The van der Waals surface area contributed by atoms with Gasteiger partial charge in [0.1, 0.15) is 0 Å². The smallest absolute Gasteiger partial charge is 0.228 e. The van der Waals surface area contributed by atoms with Gasteiger partial charge in [-0.2, -0.15) is 4.98 Å². The predicted octanol–water partition coefficient (Wildman–Crippen LogP) is 1.90. The van der Waals surface area contributed by atoms with Crippen molar-refractivity contribution in [2.24, 2.45) is 5.92 Å². The maximum Gasteiger partial charge on any atom is 0.228 e. The molecule has 0 unspecified atom stereocenters. The monoisotopic (exact) mass is 406 g/mol. The number of rotatable bonds is 6. The Balaban J connectivity index is 0.00000225. The average molecular weight is 407 g/mol. The molecule has 1 aliphatic carbocycles. The minimum absolute atomic E-state index is 0. The number of nitrogens with one attached hydrogen (secondary N) is 2. The first kappa shape index (κ1) is 20.8. The average Bonchev–Trinajstić information content (AvgIpc) is 3.15. The SMILES string of the molecule is Cl.O=C(NCCc1nc(Cc2ccccc2)no1)[C@H]1CC[C@H]2OCCN[C@@H]2C1. The van der Waals surface area contributed by atoms with Crippen LogP contribution in [0.2, 0.25) is 0 Å². The summed E-state index contributed by atoms with van der Waals surface area (Å²) in [6.07, 6.45) is 4.14. The van der Waals surface area contributed by atoms with Crippen molar-refractivity contribution in [1.82, 2.24) is 20.8 Å². The molecule has 4 rings (SSSR count). The van der Waals surface area contributed by atoms with E-state index in [0.717, 1.165) is 38.0 Å². The van der Waals surface area contributed by atoms with Crippen LogP contribution in [0, 0.1) is 5.92 Å². The van der Waals surface area contributed by atoms with Gasteiger partial charge in [-0.05, 0) is 24.8 Å². The number of benzene rings is 1. The number of hydrogen-bond acceptors (Lipinski definition) is 6. The Labute approximate surface area is 171 Å². The van der Waals surface area contributed by atoms with Crippen molar-refractivity contribution >= 4 is 18.3 Å². The molecule has 0 spiro atoms. The summed E-state index contributed by atoms with van der Waals surface area (Å²) >= 11 is 0. The molecule has 8 heteroatoms. The molecule has 2 heterocycles. The highest BCUT2D eigenvalue weighted by atomic mass is 35.5. The van der Waals surface area contributed by atoms with Gasteiger partial charge in [0.05, 0.1) is 12.7 Å². The lowest BCUT2D eigenvalue weighted by Gasteiger charge is -2.39. The van der Waals surface area contributed by atoms with E-state index in [2.05, 4.69) is 20.8 Å². The number of nitrogens with zero attached hydrogens (tertiary/aromatic N) is 2. The van der Waals surface area contributed by atoms with E-state index in [1.807, 2.05) is 30.3 Å². The van der Waals surface area contributed by atoms with Gasteiger partial charge in [0.2, 0.25) is 11.8 Å². The van der Waals surface area contributed by atoms with Crippen LogP contribution in [0.5, 0.6) is 0 Å². The van der Waals surface area contributed by atoms with Crippen LogP contribution in [-0.2, 0) is 22.4 Å². The summed E-state index contributed by atoms with van der Waals surface area (Å²) in [5.41, 5.74) is 1.15. The molecular formula is C20H27ClN4O3. The first-order chi connectivity index (χ1) is 13.3. The van der Waals surface area contributed by atoms with Gasteiger partial charge in [-0.1, -0.05) is 35.5 Å². The van der Waals surface area contributed by atoms with Crippen molar-refractivity contribution in [1.29, 1.82) is 0 Å². The molecule has 1 aromatic heterocycles. The summed E-state index contributed by atoms with van der Waals surface area (Å²) in [5.74, 6) is 1.40. The van der Waals surface area contributed by atoms with Gasteiger partial charge in [0.25, 0.3) is 0 Å². The molecule has 0 bridgehead atoms. The molecule has 1 saturated carbocycles. The Bertz CT molecular complexity index is 755. The van der Waals surface area contributed by atoms with E-state index in [4.69, 9.17) is 9.26 Å². The van der Waals surface area contributed by atoms with Crippen molar-refractivity contribution in [2.75, 3.05) is 19.7 Å². The fourth-order valence-electron chi connectivity index (χ4n) is 3.93. The molecule has 2 aromatic rings. The van der Waals surface area contributed by atoms with Crippen LogP contribution in [0.1, 0.15) is 36.5 Å². The van der Waals surface area contributed by atoms with Crippen LogP contribution < -0.4 is 10.6 Å². The Morgan fingerprint density at radius 2 is 2.11 bits per heavy atom. The van der Waals surface area contributed by atoms with E-state index in [-0.39, 0.29) is 30.3 Å². The van der Waals surface area contributed by atoms with Crippen LogP contribution in [0.25, 0.3) is 0 Å². The maximum absolute atomic E-state index is 12.5. The summed E-state index contributed by atoms with van der Waals surface area (Å²) in [6, 6.07) is 10.4. The lowest BCUT2D eigenvalue weighted by Crippen LogP contribution is -2.53. The Hall–Kier alpha value is -1.96. The number of hydrogen-bond donors (Lipinski definition) is 2. The van der Waals surface area contributed by atoms with Gasteiger partial charge in [-0.3, -0.25) is 4.79 Å². The molecule has 2 fully saturated rings. The molecule has 3 atom stereocenters. The number of morpholine rings is 1. The topological polar surface area (TPSA) is 89.3 Å². The van der Waals surface area contributed by atoms with Gasteiger partial charge in [0, 0.05) is 37.9 Å². The Kier molecular flexibility index (Phi) is 7.42. The molecule has 152 valence electrons. The number of carbonyl (C=O) groups is 1. The van der Waals surface area contributed by atoms with Crippen LogP contribution >= 0.6 is 12.4 Å². The van der Waals surface area contributed by atoms with Gasteiger partial charge < -0.3 is 19.9 Å². The summed E-state index contributed by atoms with van der Waals surface area (Å²) < 4.78 is 11.1. The second-order valence-electron chi connectivity index (χ2n) is 7.29. The predicted molar refractivity (Wildman–Crippen MR) is 106 cm³/mol. The summed E-state index contributed by atoms with van der Waals surface area (Å²) in [6.45, 7) is 2.16. The van der Waals surface area contributed by atoms with E-state index in [0.29, 0.717) is 37.1 Å². The summed E-state index contributed by atoms with van der Waals surface area (Å²) in [4.78, 5) is 16.9. The fourth-order valence-corrected chi connectivity index (χ4v) is 3.93. The minimum Gasteiger partial charge on any atom is -0.375 e. The molecule has 2 N–H and O–H groups in total. The Morgan fingerprint density at radius 3 is 2.96 bits per heavy atom. The first-order valence-electron chi connectivity index (χ1n) is 9.76. The number of carbonyl (C=O) groups excluding carboxylic acids is 1. The zero-order chi connectivity index (χ0) is 18.5. The van der Waals surface area contributed by atoms with E-state index >= 15 is 0 Å². The normalized spacial score (nSPS) is 24.1. The highest BCUT2D eigenvalue weighted by Crippen LogP contribution is 2.28. The zero-order valence-corrected chi connectivity index (χ0v) is 16.6. The van der Waals surface area contributed by atoms with Crippen LogP contribution in [0.15, 0.2) is 34.9 Å². The van der Waals surface area contributed by atoms with Crippen LogP contribution in [0.3, 0.4) is 0 Å². The number of fused-ring (bicyclic) bond motifs is 1. The lowest BCUT2D eigenvalue weighted by atomic mass is 9.82. The summed E-state index contributed by atoms with van der Waals surface area (Å²) in [7, 11) is 0. The molecule has 7 nitrogen and oxygen atoms in total. The van der Waals surface area contributed by atoms with Gasteiger partial charge in [-0.15, -0.1) is 12.4 Å². The second kappa shape index (κ2) is 10.0. The minimum atomic E-state index is 0. The van der Waals surface area contributed by atoms with Gasteiger partial charge >= 0.3 is 0 Å². The fraction of sp³-hybridized carbons (Fsp3) is 0.550. The van der Waals surface area contributed by atoms with Crippen molar-refractivity contribution in [3.63, 3.8) is 0 Å². The van der Waals surface area contributed by atoms with E-state index in [1.165, 1.54) is 0 Å². The third-order valence-electron chi connectivity index (χ3n) is 5.35. The highest BCUT2D eigenvalue weighted by Gasteiger charge is 2.35.